The molecule has 2 aliphatic heterocycles. The van der Waals surface area contributed by atoms with Crippen molar-refractivity contribution in [1.29, 1.82) is 0 Å². The van der Waals surface area contributed by atoms with Gasteiger partial charge in [-0.3, -0.25) is 4.79 Å². The molecule has 1 atom stereocenters. The number of nitrogens with zero attached hydrogens (tertiary/aromatic N) is 2. The molecule has 4 rings (SSSR count). The van der Waals surface area contributed by atoms with Crippen LogP contribution in [0.25, 0.3) is 0 Å². The number of halogens is 1. The summed E-state index contributed by atoms with van der Waals surface area (Å²) < 4.78 is 5.79. The highest BCUT2D eigenvalue weighted by Crippen LogP contribution is 2.30. The SMILES string of the molecule is Cc1cccc(N2CCN(C(=O)[C@@H]3COc4ccc(Cl)cc4C3)CC2)c1. The van der Waals surface area contributed by atoms with E-state index in [1.807, 2.05) is 23.1 Å². The molecule has 4 nitrogen and oxygen atoms in total. The Hall–Kier alpha value is -2.20. The van der Waals surface area contributed by atoms with E-state index >= 15 is 0 Å². The molecule has 0 saturated carbocycles. The molecule has 5 heteroatoms. The minimum absolute atomic E-state index is 0.119. The zero-order valence-electron chi connectivity index (χ0n) is 15.0. The fourth-order valence-electron chi connectivity index (χ4n) is 3.79. The summed E-state index contributed by atoms with van der Waals surface area (Å²) in [5, 5.41) is 0.687. The highest BCUT2D eigenvalue weighted by molar-refractivity contribution is 6.30. The number of hydrogen-bond donors (Lipinski definition) is 0. The first-order valence-electron chi connectivity index (χ1n) is 9.12. The van der Waals surface area contributed by atoms with Crippen LogP contribution in [0.2, 0.25) is 5.02 Å². The lowest BCUT2D eigenvalue weighted by Crippen LogP contribution is -2.51. The summed E-state index contributed by atoms with van der Waals surface area (Å²) in [4.78, 5) is 17.3. The molecule has 2 aliphatic rings. The van der Waals surface area contributed by atoms with E-state index in [1.54, 1.807) is 0 Å². The van der Waals surface area contributed by atoms with Gasteiger partial charge in [0.05, 0.1) is 5.92 Å². The van der Waals surface area contributed by atoms with Gasteiger partial charge >= 0.3 is 0 Å². The Morgan fingerprint density at radius 2 is 1.92 bits per heavy atom. The van der Waals surface area contributed by atoms with Crippen LogP contribution in [0.3, 0.4) is 0 Å². The fourth-order valence-corrected chi connectivity index (χ4v) is 3.98. The first-order valence-corrected chi connectivity index (χ1v) is 9.49. The van der Waals surface area contributed by atoms with Crippen LogP contribution < -0.4 is 9.64 Å². The molecule has 0 aromatic heterocycles. The van der Waals surface area contributed by atoms with Crippen molar-refractivity contribution in [3.05, 3.63) is 58.6 Å². The van der Waals surface area contributed by atoms with Gasteiger partial charge in [0.25, 0.3) is 0 Å². The van der Waals surface area contributed by atoms with Gasteiger partial charge in [-0.2, -0.15) is 0 Å². The van der Waals surface area contributed by atoms with E-state index < -0.39 is 0 Å². The number of amides is 1. The lowest BCUT2D eigenvalue weighted by atomic mass is 9.95. The second-order valence-electron chi connectivity index (χ2n) is 7.12. The molecule has 136 valence electrons. The zero-order valence-corrected chi connectivity index (χ0v) is 15.7. The number of benzene rings is 2. The Morgan fingerprint density at radius 1 is 1.12 bits per heavy atom. The third-order valence-corrected chi connectivity index (χ3v) is 5.47. The molecule has 2 aromatic rings. The summed E-state index contributed by atoms with van der Waals surface area (Å²) in [6.45, 7) is 5.80. The number of ether oxygens (including phenoxy) is 1. The molecular formula is C21H23ClN2O2. The van der Waals surface area contributed by atoms with E-state index in [1.165, 1.54) is 11.3 Å². The normalized spacial score (nSPS) is 19.7. The molecule has 1 saturated heterocycles. The highest BCUT2D eigenvalue weighted by Gasteiger charge is 2.31. The average Bonchev–Trinajstić information content (AvgIpc) is 2.67. The van der Waals surface area contributed by atoms with Gasteiger partial charge < -0.3 is 14.5 Å². The second-order valence-corrected chi connectivity index (χ2v) is 7.55. The van der Waals surface area contributed by atoms with E-state index in [0.29, 0.717) is 18.1 Å². The average molecular weight is 371 g/mol. The Kier molecular flexibility index (Phi) is 4.77. The smallest absolute Gasteiger partial charge is 0.229 e. The molecule has 0 spiro atoms. The Balaban J connectivity index is 1.38. The van der Waals surface area contributed by atoms with Gasteiger partial charge in [0.1, 0.15) is 12.4 Å². The summed E-state index contributed by atoms with van der Waals surface area (Å²) in [7, 11) is 0. The predicted molar refractivity (Wildman–Crippen MR) is 104 cm³/mol. The summed E-state index contributed by atoms with van der Waals surface area (Å²) in [5.74, 6) is 0.925. The van der Waals surface area contributed by atoms with Gasteiger partial charge in [-0.1, -0.05) is 23.7 Å². The van der Waals surface area contributed by atoms with Crippen molar-refractivity contribution >= 4 is 23.2 Å². The maximum absolute atomic E-state index is 12.9. The minimum Gasteiger partial charge on any atom is -0.492 e. The fraction of sp³-hybridized carbons (Fsp3) is 0.381. The molecular weight excluding hydrogens is 348 g/mol. The maximum atomic E-state index is 12.9. The van der Waals surface area contributed by atoms with Crippen molar-refractivity contribution in [2.24, 2.45) is 5.92 Å². The first kappa shape index (κ1) is 17.2. The van der Waals surface area contributed by atoms with E-state index in [0.717, 1.165) is 37.5 Å². The molecule has 0 bridgehead atoms. The van der Waals surface area contributed by atoms with Crippen LogP contribution in [-0.2, 0) is 11.2 Å². The lowest BCUT2D eigenvalue weighted by molar-refractivity contribution is -0.137. The van der Waals surface area contributed by atoms with E-state index in [4.69, 9.17) is 16.3 Å². The maximum Gasteiger partial charge on any atom is 0.229 e. The standard InChI is InChI=1S/C21H23ClN2O2/c1-15-3-2-4-19(11-15)23-7-9-24(10-8-23)21(25)17-12-16-13-18(22)5-6-20(16)26-14-17/h2-6,11,13,17H,7-10,12,14H2,1H3/t17-/m0/s1. The number of carbonyl (C=O) groups excluding carboxylic acids is 1. The largest absolute Gasteiger partial charge is 0.492 e. The summed E-state index contributed by atoms with van der Waals surface area (Å²) in [6.07, 6.45) is 0.701. The number of aryl methyl sites for hydroxylation is 1. The van der Waals surface area contributed by atoms with Crippen LogP contribution in [0.1, 0.15) is 11.1 Å². The summed E-state index contributed by atoms with van der Waals surface area (Å²) in [6, 6.07) is 14.2. The minimum atomic E-state index is -0.119. The number of piperazine rings is 1. The van der Waals surface area contributed by atoms with E-state index in [9.17, 15) is 4.79 Å². The molecule has 1 amide bonds. The quantitative estimate of drug-likeness (QED) is 0.810. The van der Waals surface area contributed by atoms with Gasteiger partial charge in [0.2, 0.25) is 5.91 Å². The first-order chi connectivity index (χ1) is 12.6. The topological polar surface area (TPSA) is 32.8 Å². The van der Waals surface area contributed by atoms with Gasteiger partial charge in [0.15, 0.2) is 0 Å². The third kappa shape index (κ3) is 3.51. The monoisotopic (exact) mass is 370 g/mol. The number of carbonyl (C=O) groups is 1. The molecule has 0 radical (unpaired) electrons. The Labute approximate surface area is 159 Å². The van der Waals surface area contributed by atoms with Gasteiger partial charge in [-0.05, 0) is 54.8 Å². The number of anilines is 1. The lowest BCUT2D eigenvalue weighted by Gasteiger charge is -2.38. The van der Waals surface area contributed by atoms with Gasteiger partial charge in [-0.25, -0.2) is 0 Å². The van der Waals surface area contributed by atoms with Crippen LogP contribution in [0, 0.1) is 12.8 Å². The van der Waals surface area contributed by atoms with Gasteiger partial charge in [0, 0.05) is 36.9 Å². The van der Waals surface area contributed by atoms with Crippen molar-refractivity contribution in [2.75, 3.05) is 37.7 Å². The third-order valence-electron chi connectivity index (χ3n) is 5.24. The molecule has 2 aromatic carbocycles. The molecule has 0 unspecified atom stereocenters. The summed E-state index contributed by atoms with van der Waals surface area (Å²) >= 11 is 6.08. The van der Waals surface area contributed by atoms with Crippen molar-refractivity contribution in [3.8, 4) is 5.75 Å². The Morgan fingerprint density at radius 3 is 2.69 bits per heavy atom. The van der Waals surface area contributed by atoms with E-state index in [2.05, 4.69) is 36.1 Å². The number of fused-ring (bicyclic) bond motifs is 1. The van der Waals surface area contributed by atoms with Crippen LogP contribution in [-0.4, -0.2) is 43.6 Å². The molecule has 1 fully saturated rings. The van der Waals surface area contributed by atoms with Crippen LogP contribution >= 0.6 is 11.6 Å². The van der Waals surface area contributed by atoms with Crippen LogP contribution in [0.4, 0.5) is 5.69 Å². The highest BCUT2D eigenvalue weighted by atomic mass is 35.5. The number of rotatable bonds is 2. The van der Waals surface area contributed by atoms with Crippen molar-refractivity contribution in [2.45, 2.75) is 13.3 Å². The van der Waals surface area contributed by atoms with E-state index in [-0.39, 0.29) is 11.8 Å². The van der Waals surface area contributed by atoms with Crippen molar-refractivity contribution in [3.63, 3.8) is 0 Å². The van der Waals surface area contributed by atoms with Gasteiger partial charge in [-0.15, -0.1) is 0 Å². The molecule has 26 heavy (non-hydrogen) atoms. The second kappa shape index (κ2) is 7.20. The molecule has 0 N–H and O–H groups in total. The van der Waals surface area contributed by atoms with Crippen molar-refractivity contribution in [1.82, 2.24) is 4.90 Å². The van der Waals surface area contributed by atoms with Crippen LogP contribution in [0.5, 0.6) is 5.75 Å². The molecule has 0 aliphatic carbocycles. The zero-order chi connectivity index (χ0) is 18.1. The number of hydrogen-bond acceptors (Lipinski definition) is 3. The molecule has 2 heterocycles. The summed E-state index contributed by atoms with van der Waals surface area (Å²) in [5.41, 5.74) is 3.53. The van der Waals surface area contributed by atoms with Crippen molar-refractivity contribution < 1.29 is 9.53 Å². The Bertz CT molecular complexity index is 815. The predicted octanol–water partition coefficient (Wildman–Crippen LogP) is 3.55. The van der Waals surface area contributed by atoms with Crippen LogP contribution in [0.15, 0.2) is 42.5 Å².